The monoisotopic (exact) mass is 271 g/mol. The number of anilines is 2. The lowest BCUT2D eigenvalue weighted by atomic mass is 10.3. The maximum Gasteiger partial charge on any atom is 0.223 e. The Kier molecular flexibility index (Phi) is 3.62. The van der Waals surface area contributed by atoms with Crippen molar-refractivity contribution in [1.82, 2.24) is 15.0 Å². The molecule has 0 aromatic carbocycles. The minimum atomic E-state index is 0.0622. The third-order valence-corrected chi connectivity index (χ3v) is 3.33. The maximum atomic E-state index is 9.11. The average Bonchev–Trinajstić information content (AvgIpc) is 3.01. The summed E-state index contributed by atoms with van der Waals surface area (Å²) in [6.07, 6.45) is 7.11. The molecule has 1 aliphatic rings. The van der Waals surface area contributed by atoms with Crippen molar-refractivity contribution in [3.8, 4) is 5.75 Å². The van der Waals surface area contributed by atoms with Gasteiger partial charge in [0.05, 0.1) is 12.4 Å². The molecule has 2 aromatic rings. The van der Waals surface area contributed by atoms with E-state index in [1.807, 2.05) is 6.20 Å². The van der Waals surface area contributed by atoms with Crippen molar-refractivity contribution in [2.24, 2.45) is 0 Å². The number of aromatic hydroxyl groups is 1. The van der Waals surface area contributed by atoms with Crippen molar-refractivity contribution in [2.45, 2.75) is 19.4 Å². The lowest BCUT2D eigenvalue weighted by Gasteiger charge is -2.16. The van der Waals surface area contributed by atoms with E-state index in [9.17, 15) is 0 Å². The zero-order chi connectivity index (χ0) is 13.8. The zero-order valence-corrected chi connectivity index (χ0v) is 11.2. The summed E-state index contributed by atoms with van der Waals surface area (Å²) in [6.45, 7) is 2.82. The molecule has 0 radical (unpaired) electrons. The van der Waals surface area contributed by atoms with Crippen LogP contribution in [0.4, 0.5) is 11.8 Å². The number of nitrogens with zero attached hydrogens (tertiary/aromatic N) is 4. The number of rotatable bonds is 4. The van der Waals surface area contributed by atoms with E-state index in [4.69, 9.17) is 5.11 Å². The predicted molar refractivity (Wildman–Crippen MR) is 76.7 cm³/mol. The normalized spacial score (nSPS) is 14.5. The quantitative estimate of drug-likeness (QED) is 0.883. The molecular weight excluding hydrogens is 254 g/mol. The van der Waals surface area contributed by atoms with E-state index >= 15 is 0 Å². The molecule has 1 aliphatic heterocycles. The van der Waals surface area contributed by atoms with Gasteiger partial charge in [0, 0.05) is 25.8 Å². The Hall–Kier alpha value is -2.37. The third kappa shape index (κ3) is 2.96. The summed E-state index contributed by atoms with van der Waals surface area (Å²) in [4.78, 5) is 14.7. The molecule has 0 amide bonds. The molecule has 1 saturated heterocycles. The van der Waals surface area contributed by atoms with Crippen molar-refractivity contribution in [3.05, 3.63) is 36.3 Å². The van der Waals surface area contributed by atoms with Crippen molar-refractivity contribution in [3.63, 3.8) is 0 Å². The van der Waals surface area contributed by atoms with Gasteiger partial charge in [-0.3, -0.25) is 0 Å². The van der Waals surface area contributed by atoms with Crippen LogP contribution in [0.2, 0.25) is 0 Å². The van der Waals surface area contributed by atoms with Crippen LogP contribution < -0.4 is 10.2 Å². The van der Waals surface area contributed by atoms with Crippen LogP contribution in [-0.4, -0.2) is 33.1 Å². The standard InChI is InChI=1S/C14H17N5O/c20-12-9-17-14(18-10-12)16-8-11-3-4-13(15-7-11)19-5-1-2-6-19/h3-4,7,9-10,20H,1-2,5-6,8H2,(H,16,17,18). The first kappa shape index (κ1) is 12.7. The number of hydrogen-bond donors (Lipinski definition) is 2. The second kappa shape index (κ2) is 5.73. The molecular formula is C14H17N5O. The van der Waals surface area contributed by atoms with E-state index in [1.54, 1.807) is 0 Å². The molecule has 0 atom stereocenters. The summed E-state index contributed by atoms with van der Waals surface area (Å²) in [5.74, 6) is 1.60. The van der Waals surface area contributed by atoms with Gasteiger partial charge in [0.1, 0.15) is 5.82 Å². The van der Waals surface area contributed by atoms with Crippen LogP contribution in [0.1, 0.15) is 18.4 Å². The first-order valence-corrected chi connectivity index (χ1v) is 6.76. The summed E-state index contributed by atoms with van der Waals surface area (Å²) in [5, 5.41) is 12.2. The van der Waals surface area contributed by atoms with E-state index in [0.29, 0.717) is 12.5 Å². The zero-order valence-electron chi connectivity index (χ0n) is 11.2. The molecule has 3 heterocycles. The second-order valence-electron chi connectivity index (χ2n) is 4.84. The minimum absolute atomic E-state index is 0.0622. The van der Waals surface area contributed by atoms with Crippen molar-refractivity contribution >= 4 is 11.8 Å². The van der Waals surface area contributed by atoms with Crippen LogP contribution in [0.5, 0.6) is 5.75 Å². The van der Waals surface area contributed by atoms with Crippen LogP contribution in [0, 0.1) is 0 Å². The molecule has 2 aromatic heterocycles. The highest BCUT2D eigenvalue weighted by molar-refractivity contribution is 5.40. The van der Waals surface area contributed by atoms with Crippen molar-refractivity contribution in [2.75, 3.05) is 23.3 Å². The topological polar surface area (TPSA) is 74.2 Å². The Morgan fingerprint density at radius 3 is 2.45 bits per heavy atom. The van der Waals surface area contributed by atoms with E-state index < -0.39 is 0 Å². The molecule has 104 valence electrons. The molecule has 2 N–H and O–H groups in total. The van der Waals surface area contributed by atoms with Gasteiger partial charge in [0.15, 0.2) is 5.75 Å². The third-order valence-electron chi connectivity index (χ3n) is 3.33. The van der Waals surface area contributed by atoms with Crippen LogP contribution in [0.25, 0.3) is 0 Å². The van der Waals surface area contributed by atoms with Gasteiger partial charge in [0.2, 0.25) is 5.95 Å². The fourth-order valence-electron chi connectivity index (χ4n) is 2.25. The van der Waals surface area contributed by atoms with Gasteiger partial charge in [0.25, 0.3) is 0 Å². The molecule has 0 aliphatic carbocycles. The van der Waals surface area contributed by atoms with Crippen LogP contribution >= 0.6 is 0 Å². The van der Waals surface area contributed by atoms with Gasteiger partial charge in [-0.05, 0) is 24.5 Å². The van der Waals surface area contributed by atoms with Crippen LogP contribution in [-0.2, 0) is 6.54 Å². The SMILES string of the molecule is Oc1cnc(NCc2ccc(N3CCCC3)nc2)nc1. The van der Waals surface area contributed by atoms with E-state index in [1.165, 1.54) is 25.2 Å². The molecule has 6 nitrogen and oxygen atoms in total. The van der Waals surface area contributed by atoms with Gasteiger partial charge < -0.3 is 15.3 Å². The summed E-state index contributed by atoms with van der Waals surface area (Å²) >= 11 is 0. The van der Waals surface area contributed by atoms with E-state index in [-0.39, 0.29) is 5.75 Å². The first-order chi connectivity index (χ1) is 9.81. The fourth-order valence-corrected chi connectivity index (χ4v) is 2.25. The molecule has 0 spiro atoms. The van der Waals surface area contributed by atoms with Crippen molar-refractivity contribution in [1.29, 1.82) is 0 Å². The van der Waals surface area contributed by atoms with Crippen molar-refractivity contribution < 1.29 is 5.11 Å². The van der Waals surface area contributed by atoms with E-state index in [2.05, 4.69) is 37.3 Å². The Balaban J connectivity index is 1.59. The number of pyridine rings is 1. The smallest absolute Gasteiger partial charge is 0.223 e. The summed E-state index contributed by atoms with van der Waals surface area (Å²) in [6, 6.07) is 4.12. The molecule has 0 unspecified atom stereocenters. The lowest BCUT2D eigenvalue weighted by molar-refractivity contribution is 0.470. The summed E-state index contributed by atoms with van der Waals surface area (Å²) in [7, 11) is 0. The highest BCUT2D eigenvalue weighted by Crippen LogP contribution is 2.17. The fraction of sp³-hybridized carbons (Fsp3) is 0.357. The summed E-state index contributed by atoms with van der Waals surface area (Å²) in [5.41, 5.74) is 1.07. The van der Waals surface area contributed by atoms with Crippen LogP contribution in [0.15, 0.2) is 30.7 Å². The Bertz CT molecular complexity index is 549. The average molecular weight is 271 g/mol. The second-order valence-corrected chi connectivity index (χ2v) is 4.84. The Morgan fingerprint density at radius 2 is 1.80 bits per heavy atom. The Labute approximate surface area is 117 Å². The highest BCUT2D eigenvalue weighted by atomic mass is 16.3. The van der Waals surface area contributed by atoms with Gasteiger partial charge >= 0.3 is 0 Å². The van der Waals surface area contributed by atoms with Crippen LogP contribution in [0.3, 0.4) is 0 Å². The maximum absolute atomic E-state index is 9.11. The largest absolute Gasteiger partial charge is 0.505 e. The van der Waals surface area contributed by atoms with Gasteiger partial charge in [-0.25, -0.2) is 15.0 Å². The van der Waals surface area contributed by atoms with E-state index in [0.717, 1.165) is 24.5 Å². The predicted octanol–water partition coefficient (Wildman–Crippen LogP) is 1.79. The molecule has 6 heteroatoms. The molecule has 0 bridgehead atoms. The number of aromatic nitrogens is 3. The van der Waals surface area contributed by atoms with Gasteiger partial charge in [-0.1, -0.05) is 6.07 Å². The first-order valence-electron chi connectivity index (χ1n) is 6.76. The highest BCUT2D eigenvalue weighted by Gasteiger charge is 2.12. The molecule has 20 heavy (non-hydrogen) atoms. The lowest BCUT2D eigenvalue weighted by Crippen LogP contribution is -2.18. The molecule has 1 fully saturated rings. The summed E-state index contributed by atoms with van der Waals surface area (Å²) < 4.78 is 0. The molecule has 3 rings (SSSR count). The number of hydrogen-bond acceptors (Lipinski definition) is 6. The Morgan fingerprint density at radius 1 is 1.05 bits per heavy atom. The number of nitrogens with one attached hydrogen (secondary N) is 1. The molecule has 0 saturated carbocycles. The van der Waals surface area contributed by atoms with Gasteiger partial charge in [-0.2, -0.15) is 0 Å². The minimum Gasteiger partial charge on any atom is -0.505 e. The van der Waals surface area contributed by atoms with Gasteiger partial charge in [-0.15, -0.1) is 0 Å².